The van der Waals surface area contributed by atoms with Gasteiger partial charge in [-0.1, -0.05) is 0 Å². The van der Waals surface area contributed by atoms with Crippen molar-refractivity contribution in [2.75, 3.05) is 11.9 Å². The Kier molecular flexibility index (Phi) is 4.48. The van der Waals surface area contributed by atoms with Crippen molar-refractivity contribution in [3.05, 3.63) is 36.2 Å². The summed E-state index contributed by atoms with van der Waals surface area (Å²) in [5.41, 5.74) is 2.85. The van der Waals surface area contributed by atoms with Gasteiger partial charge in [-0.3, -0.25) is 4.57 Å². The molecule has 0 unspecified atom stereocenters. The third kappa shape index (κ3) is 2.81. The number of aliphatic hydroxyl groups excluding tert-OH is 4. The van der Waals surface area contributed by atoms with Crippen LogP contribution in [-0.2, 0) is 17.9 Å². The van der Waals surface area contributed by atoms with E-state index >= 15 is 0 Å². The van der Waals surface area contributed by atoms with Crippen LogP contribution in [0.1, 0.15) is 29.9 Å². The topological polar surface area (TPSA) is 151 Å². The Morgan fingerprint density at radius 1 is 1.17 bits per heavy atom. The van der Waals surface area contributed by atoms with Crippen LogP contribution in [0.3, 0.4) is 0 Å². The van der Waals surface area contributed by atoms with Crippen molar-refractivity contribution in [2.45, 2.75) is 50.2 Å². The van der Waals surface area contributed by atoms with Crippen molar-refractivity contribution >= 4 is 17.0 Å². The van der Waals surface area contributed by atoms with Crippen molar-refractivity contribution in [2.24, 2.45) is 0 Å². The summed E-state index contributed by atoms with van der Waals surface area (Å²) in [5.74, 6) is 0.532. The summed E-state index contributed by atoms with van der Waals surface area (Å²) in [5, 5.41) is 42.6. The Morgan fingerprint density at radius 3 is 2.79 bits per heavy atom. The summed E-state index contributed by atoms with van der Waals surface area (Å²) < 4.78 is 9.23. The summed E-state index contributed by atoms with van der Waals surface area (Å²) in [6.45, 7) is 0.412. The van der Waals surface area contributed by atoms with Crippen LogP contribution in [0.15, 0.2) is 24.9 Å². The highest BCUT2D eigenvalue weighted by Crippen LogP contribution is 2.35. The summed E-state index contributed by atoms with van der Waals surface area (Å²) >= 11 is 0. The molecule has 1 saturated heterocycles. The van der Waals surface area contributed by atoms with Crippen LogP contribution in [0, 0.1) is 0 Å². The van der Waals surface area contributed by atoms with Crippen LogP contribution in [-0.4, -0.2) is 69.4 Å². The highest BCUT2D eigenvalue weighted by atomic mass is 16.6. The summed E-state index contributed by atoms with van der Waals surface area (Å²) in [4.78, 5) is 13.0. The van der Waals surface area contributed by atoms with Crippen LogP contribution in [0.25, 0.3) is 11.2 Å². The molecular formula is C18H22N6O5. The van der Waals surface area contributed by atoms with Gasteiger partial charge in [0.05, 0.1) is 25.6 Å². The number of aryl methyl sites for hydroxylation is 1. The maximum atomic E-state index is 10.3. The van der Waals surface area contributed by atoms with E-state index in [9.17, 15) is 20.4 Å². The van der Waals surface area contributed by atoms with E-state index in [4.69, 9.17) is 4.74 Å². The molecule has 5 atom stereocenters. The highest BCUT2D eigenvalue weighted by Gasteiger charge is 2.44. The van der Waals surface area contributed by atoms with Crippen LogP contribution < -0.4 is 5.32 Å². The van der Waals surface area contributed by atoms with Gasteiger partial charge in [0.25, 0.3) is 0 Å². The van der Waals surface area contributed by atoms with Crippen LogP contribution in [0.5, 0.6) is 0 Å². The van der Waals surface area contributed by atoms with Gasteiger partial charge in [-0.2, -0.15) is 0 Å². The zero-order chi connectivity index (χ0) is 20.1. The van der Waals surface area contributed by atoms with E-state index in [-0.39, 0.29) is 12.6 Å². The highest BCUT2D eigenvalue weighted by molar-refractivity contribution is 5.83. The molecule has 29 heavy (non-hydrogen) atoms. The lowest BCUT2D eigenvalue weighted by Crippen LogP contribution is -2.33. The molecule has 0 radical (unpaired) electrons. The summed E-state index contributed by atoms with van der Waals surface area (Å²) in [6, 6.07) is 1.89. The van der Waals surface area contributed by atoms with E-state index in [1.807, 2.05) is 12.3 Å². The fraction of sp³-hybridized carbons (Fsp3) is 0.500. The van der Waals surface area contributed by atoms with Gasteiger partial charge < -0.3 is 35.0 Å². The maximum absolute atomic E-state index is 10.3. The Labute approximate surface area is 165 Å². The second kappa shape index (κ2) is 7.04. The Balaban J connectivity index is 1.47. The fourth-order valence-electron chi connectivity index (χ4n) is 4.25. The van der Waals surface area contributed by atoms with Crippen LogP contribution >= 0.6 is 0 Å². The number of hydrogen-bond donors (Lipinski definition) is 5. The number of aromatic nitrogens is 5. The molecule has 0 bridgehead atoms. The zero-order valence-corrected chi connectivity index (χ0v) is 15.5. The largest absolute Gasteiger partial charge is 0.394 e. The van der Waals surface area contributed by atoms with Gasteiger partial charge in [0.15, 0.2) is 23.2 Å². The molecular weight excluding hydrogens is 380 g/mol. The lowest BCUT2D eigenvalue weighted by Gasteiger charge is -2.17. The van der Waals surface area contributed by atoms with Crippen molar-refractivity contribution in [3.8, 4) is 0 Å². The fourth-order valence-corrected chi connectivity index (χ4v) is 4.25. The number of imidazole rings is 1. The second-order valence-electron chi connectivity index (χ2n) is 7.34. The van der Waals surface area contributed by atoms with Crippen molar-refractivity contribution in [1.29, 1.82) is 0 Å². The molecule has 3 aromatic rings. The van der Waals surface area contributed by atoms with E-state index in [2.05, 4.69) is 24.8 Å². The number of hydrogen-bond acceptors (Lipinski definition) is 9. The Morgan fingerprint density at radius 2 is 2.03 bits per heavy atom. The van der Waals surface area contributed by atoms with Gasteiger partial charge >= 0.3 is 0 Å². The maximum Gasteiger partial charge on any atom is 0.167 e. The number of ether oxygens (including phenoxy) is 1. The predicted molar refractivity (Wildman–Crippen MR) is 99.7 cm³/mol. The first-order valence-corrected chi connectivity index (χ1v) is 9.47. The molecule has 5 heterocycles. The summed E-state index contributed by atoms with van der Waals surface area (Å²) in [7, 11) is 0. The SMILES string of the molecule is OCc1ccn2c1[C@@H](Nc1ncnc3c1ncn3[C@@H]1O[C@H](CO)[C@@H](O)[C@H]1O)CC2. The van der Waals surface area contributed by atoms with Crippen LogP contribution in [0.2, 0.25) is 0 Å². The quantitative estimate of drug-likeness (QED) is 0.373. The summed E-state index contributed by atoms with van der Waals surface area (Å²) in [6.07, 6.45) is 1.46. The molecule has 0 spiro atoms. The van der Waals surface area contributed by atoms with Gasteiger partial charge in [-0.15, -0.1) is 0 Å². The molecule has 0 aromatic carbocycles. The second-order valence-corrected chi connectivity index (χ2v) is 7.34. The molecule has 2 aliphatic heterocycles. The van der Waals surface area contributed by atoms with Gasteiger partial charge in [0, 0.05) is 24.0 Å². The predicted octanol–water partition coefficient (Wildman–Crippen LogP) is -0.712. The normalized spacial score (nSPS) is 28.9. The molecule has 0 aliphatic carbocycles. The first-order chi connectivity index (χ1) is 14.1. The molecule has 154 valence electrons. The minimum absolute atomic E-state index is 0.0238. The van der Waals surface area contributed by atoms with Gasteiger partial charge in [0.2, 0.25) is 0 Å². The number of fused-ring (bicyclic) bond motifs is 2. The van der Waals surface area contributed by atoms with Crippen molar-refractivity contribution in [1.82, 2.24) is 24.1 Å². The van der Waals surface area contributed by atoms with E-state index < -0.39 is 31.1 Å². The van der Waals surface area contributed by atoms with E-state index in [1.165, 1.54) is 17.2 Å². The smallest absolute Gasteiger partial charge is 0.167 e. The van der Waals surface area contributed by atoms with Crippen molar-refractivity contribution in [3.63, 3.8) is 0 Å². The number of nitrogens with one attached hydrogen (secondary N) is 1. The molecule has 5 N–H and O–H groups in total. The third-order valence-corrected chi connectivity index (χ3v) is 5.71. The molecule has 11 nitrogen and oxygen atoms in total. The molecule has 0 saturated carbocycles. The molecule has 2 aliphatic rings. The zero-order valence-electron chi connectivity index (χ0n) is 15.5. The van der Waals surface area contributed by atoms with Crippen molar-refractivity contribution < 1.29 is 25.2 Å². The van der Waals surface area contributed by atoms with E-state index in [0.717, 1.165) is 24.2 Å². The molecule has 5 rings (SSSR count). The number of anilines is 1. The van der Waals surface area contributed by atoms with Gasteiger partial charge in [0.1, 0.15) is 24.6 Å². The number of aliphatic hydroxyl groups is 4. The molecule has 1 fully saturated rings. The first-order valence-electron chi connectivity index (χ1n) is 9.47. The van der Waals surface area contributed by atoms with E-state index in [0.29, 0.717) is 17.0 Å². The Hall–Kier alpha value is -2.57. The number of rotatable bonds is 5. The van der Waals surface area contributed by atoms with Gasteiger partial charge in [-0.25, -0.2) is 15.0 Å². The average molecular weight is 402 g/mol. The third-order valence-electron chi connectivity index (χ3n) is 5.71. The lowest BCUT2D eigenvalue weighted by atomic mass is 10.1. The molecule has 0 amide bonds. The first kappa shape index (κ1) is 18.5. The minimum atomic E-state index is -1.22. The minimum Gasteiger partial charge on any atom is -0.394 e. The van der Waals surface area contributed by atoms with E-state index in [1.54, 1.807) is 0 Å². The lowest BCUT2D eigenvalue weighted by molar-refractivity contribution is -0.0511. The standard InChI is InChI=1S/C18H22N6O5/c25-5-9-1-3-23-4-2-10(13(9)23)22-16-12-17(20-7-19-16)24(8-21-12)18-15(28)14(27)11(6-26)29-18/h1,3,7-8,10-11,14-15,18,25-28H,2,4-6H2,(H,19,20,22)/t10-,11+,14+,15+,18+/m0/s1. The molecule has 3 aromatic heterocycles. The van der Waals surface area contributed by atoms with Gasteiger partial charge in [-0.05, 0) is 12.5 Å². The Bertz CT molecular complexity index is 1040. The number of nitrogens with zero attached hydrogens (tertiary/aromatic N) is 5. The average Bonchev–Trinajstić information content (AvgIpc) is 3.48. The van der Waals surface area contributed by atoms with Crippen LogP contribution in [0.4, 0.5) is 5.82 Å². The molecule has 11 heteroatoms. The monoisotopic (exact) mass is 402 g/mol.